The fourth-order valence-electron chi connectivity index (χ4n) is 1.78. The Balaban J connectivity index is 1.83. The van der Waals surface area contributed by atoms with E-state index in [-0.39, 0.29) is 12.6 Å². The molecular weight excluding hydrogens is 274 g/mol. The number of carbonyl (C=O) groups is 1. The molecule has 1 amide bonds. The van der Waals surface area contributed by atoms with Crippen molar-refractivity contribution in [1.29, 1.82) is 0 Å². The molecule has 2 aromatic carbocycles. The third-order valence-corrected chi connectivity index (χ3v) is 3.17. The van der Waals surface area contributed by atoms with Gasteiger partial charge in [0.2, 0.25) is 0 Å². The van der Waals surface area contributed by atoms with Gasteiger partial charge in [-0.1, -0.05) is 54.1 Å². The van der Waals surface area contributed by atoms with E-state index in [4.69, 9.17) is 16.3 Å². The summed E-state index contributed by atoms with van der Waals surface area (Å²) < 4.78 is 5.17. The molecule has 4 heteroatoms. The van der Waals surface area contributed by atoms with E-state index in [1.807, 2.05) is 49.4 Å². The van der Waals surface area contributed by atoms with Gasteiger partial charge in [-0.2, -0.15) is 0 Å². The number of alkyl carbamates (subject to hydrolysis) is 1. The standard InChI is InChI=1S/C16H16ClNO2/c1-12(14-7-9-15(17)10-8-14)18-16(19)20-11-13-5-3-2-4-6-13/h2-10,12H,11H2,1H3,(H,18,19). The highest BCUT2D eigenvalue weighted by Gasteiger charge is 2.10. The van der Waals surface area contributed by atoms with Crippen molar-refractivity contribution >= 4 is 17.7 Å². The minimum absolute atomic E-state index is 0.129. The Morgan fingerprint density at radius 2 is 1.80 bits per heavy atom. The van der Waals surface area contributed by atoms with Crippen LogP contribution in [0.15, 0.2) is 54.6 Å². The summed E-state index contributed by atoms with van der Waals surface area (Å²) in [7, 11) is 0. The third-order valence-electron chi connectivity index (χ3n) is 2.92. The highest BCUT2D eigenvalue weighted by molar-refractivity contribution is 6.30. The Hall–Kier alpha value is -2.00. The summed E-state index contributed by atoms with van der Waals surface area (Å²) in [5, 5.41) is 3.46. The number of halogens is 1. The van der Waals surface area contributed by atoms with Gasteiger partial charge in [0, 0.05) is 5.02 Å². The Morgan fingerprint density at radius 3 is 2.45 bits per heavy atom. The summed E-state index contributed by atoms with van der Waals surface area (Å²) in [6, 6.07) is 16.8. The molecule has 2 aromatic rings. The predicted molar refractivity (Wildman–Crippen MR) is 79.6 cm³/mol. The number of hydrogen-bond donors (Lipinski definition) is 1. The lowest BCUT2D eigenvalue weighted by atomic mass is 10.1. The third kappa shape index (κ3) is 4.28. The number of carbonyl (C=O) groups excluding carboxylic acids is 1. The zero-order valence-electron chi connectivity index (χ0n) is 11.2. The zero-order valence-corrected chi connectivity index (χ0v) is 11.9. The van der Waals surface area contributed by atoms with E-state index in [9.17, 15) is 4.79 Å². The average Bonchev–Trinajstić information content (AvgIpc) is 2.47. The van der Waals surface area contributed by atoms with Crippen LogP contribution in [-0.2, 0) is 11.3 Å². The van der Waals surface area contributed by atoms with E-state index >= 15 is 0 Å². The molecule has 3 nitrogen and oxygen atoms in total. The molecule has 0 aliphatic carbocycles. The van der Waals surface area contributed by atoms with Crippen molar-refractivity contribution in [2.24, 2.45) is 0 Å². The van der Waals surface area contributed by atoms with Crippen molar-refractivity contribution in [2.75, 3.05) is 0 Å². The lowest BCUT2D eigenvalue weighted by Gasteiger charge is -2.14. The number of ether oxygens (including phenoxy) is 1. The van der Waals surface area contributed by atoms with Crippen molar-refractivity contribution in [3.05, 3.63) is 70.7 Å². The molecule has 0 fully saturated rings. The Morgan fingerprint density at radius 1 is 1.15 bits per heavy atom. The SMILES string of the molecule is CC(NC(=O)OCc1ccccc1)c1ccc(Cl)cc1. The van der Waals surface area contributed by atoms with Crippen LogP contribution in [0.1, 0.15) is 24.1 Å². The number of hydrogen-bond acceptors (Lipinski definition) is 2. The summed E-state index contributed by atoms with van der Waals surface area (Å²) in [5.41, 5.74) is 1.94. The molecule has 0 saturated carbocycles. The molecule has 0 spiro atoms. The summed E-state index contributed by atoms with van der Waals surface area (Å²) >= 11 is 5.83. The van der Waals surface area contributed by atoms with E-state index in [0.717, 1.165) is 11.1 Å². The number of benzene rings is 2. The predicted octanol–water partition coefficient (Wildman–Crippen LogP) is 4.33. The minimum atomic E-state index is -0.434. The van der Waals surface area contributed by atoms with E-state index in [2.05, 4.69) is 5.32 Å². The van der Waals surface area contributed by atoms with Crippen molar-refractivity contribution in [2.45, 2.75) is 19.6 Å². The van der Waals surface area contributed by atoms with Crippen molar-refractivity contribution < 1.29 is 9.53 Å². The molecule has 0 radical (unpaired) electrons. The number of amides is 1. The Labute approximate surface area is 123 Å². The second-order valence-corrected chi connectivity index (χ2v) is 4.92. The van der Waals surface area contributed by atoms with Gasteiger partial charge in [0.1, 0.15) is 6.61 Å². The molecule has 0 saturated heterocycles. The Kier molecular flexibility index (Phi) is 5.02. The second kappa shape index (κ2) is 6.96. The van der Waals surface area contributed by atoms with Gasteiger partial charge in [0.05, 0.1) is 6.04 Å². The monoisotopic (exact) mass is 289 g/mol. The maximum atomic E-state index is 11.7. The van der Waals surface area contributed by atoms with Crippen molar-refractivity contribution in [1.82, 2.24) is 5.32 Å². The maximum absolute atomic E-state index is 11.7. The van der Waals surface area contributed by atoms with Crippen LogP contribution in [0.2, 0.25) is 5.02 Å². The average molecular weight is 290 g/mol. The molecule has 1 N–H and O–H groups in total. The van der Waals surface area contributed by atoms with Crippen LogP contribution in [-0.4, -0.2) is 6.09 Å². The van der Waals surface area contributed by atoms with Crippen molar-refractivity contribution in [3.8, 4) is 0 Å². The lowest BCUT2D eigenvalue weighted by Crippen LogP contribution is -2.27. The van der Waals surface area contributed by atoms with Gasteiger partial charge in [-0.25, -0.2) is 4.79 Å². The summed E-state index contributed by atoms with van der Waals surface area (Å²) in [6.45, 7) is 2.16. The highest BCUT2D eigenvalue weighted by atomic mass is 35.5. The fourth-order valence-corrected chi connectivity index (χ4v) is 1.90. The molecule has 0 heterocycles. The van der Waals surface area contributed by atoms with Crippen molar-refractivity contribution in [3.63, 3.8) is 0 Å². The molecular formula is C16H16ClNO2. The first-order chi connectivity index (χ1) is 9.65. The first kappa shape index (κ1) is 14.4. The highest BCUT2D eigenvalue weighted by Crippen LogP contribution is 2.16. The van der Waals surface area contributed by atoms with E-state index in [1.54, 1.807) is 12.1 Å². The molecule has 2 rings (SSSR count). The van der Waals surface area contributed by atoms with Crippen LogP contribution in [0.25, 0.3) is 0 Å². The summed E-state index contributed by atoms with van der Waals surface area (Å²) in [5.74, 6) is 0. The number of rotatable bonds is 4. The molecule has 0 bridgehead atoms. The van der Waals surface area contributed by atoms with Crippen LogP contribution in [0.3, 0.4) is 0 Å². The normalized spacial score (nSPS) is 11.7. The molecule has 0 aromatic heterocycles. The first-order valence-electron chi connectivity index (χ1n) is 6.38. The summed E-state index contributed by atoms with van der Waals surface area (Å²) in [6.07, 6.45) is -0.434. The van der Waals surface area contributed by atoms with Gasteiger partial charge in [-0.15, -0.1) is 0 Å². The molecule has 0 aliphatic rings. The van der Waals surface area contributed by atoms with Crippen LogP contribution in [0.4, 0.5) is 4.79 Å². The number of nitrogens with one attached hydrogen (secondary N) is 1. The molecule has 104 valence electrons. The van der Waals surface area contributed by atoms with Gasteiger partial charge in [0.15, 0.2) is 0 Å². The van der Waals surface area contributed by atoms with Crippen LogP contribution in [0, 0.1) is 0 Å². The molecule has 1 atom stereocenters. The smallest absolute Gasteiger partial charge is 0.407 e. The van der Waals surface area contributed by atoms with Crippen LogP contribution >= 0.6 is 11.6 Å². The fraction of sp³-hybridized carbons (Fsp3) is 0.188. The van der Waals surface area contributed by atoms with Gasteiger partial charge >= 0.3 is 6.09 Å². The van der Waals surface area contributed by atoms with Crippen LogP contribution in [0.5, 0.6) is 0 Å². The van der Waals surface area contributed by atoms with E-state index in [0.29, 0.717) is 5.02 Å². The Bertz CT molecular complexity index is 554. The quantitative estimate of drug-likeness (QED) is 0.910. The lowest BCUT2D eigenvalue weighted by molar-refractivity contribution is 0.136. The largest absolute Gasteiger partial charge is 0.445 e. The minimum Gasteiger partial charge on any atom is -0.445 e. The molecule has 0 aliphatic heterocycles. The summed E-state index contributed by atoms with van der Waals surface area (Å²) in [4.78, 5) is 11.7. The van der Waals surface area contributed by atoms with Gasteiger partial charge in [0.25, 0.3) is 0 Å². The first-order valence-corrected chi connectivity index (χ1v) is 6.75. The van der Waals surface area contributed by atoms with Gasteiger partial charge in [-0.05, 0) is 30.2 Å². The maximum Gasteiger partial charge on any atom is 0.407 e. The van der Waals surface area contributed by atoms with Gasteiger partial charge < -0.3 is 10.1 Å². The van der Waals surface area contributed by atoms with E-state index in [1.165, 1.54) is 0 Å². The molecule has 20 heavy (non-hydrogen) atoms. The van der Waals surface area contributed by atoms with E-state index < -0.39 is 6.09 Å². The zero-order chi connectivity index (χ0) is 14.4. The topological polar surface area (TPSA) is 38.3 Å². The van der Waals surface area contributed by atoms with Crippen LogP contribution < -0.4 is 5.32 Å². The van der Waals surface area contributed by atoms with Gasteiger partial charge in [-0.3, -0.25) is 0 Å². The second-order valence-electron chi connectivity index (χ2n) is 4.48. The molecule has 1 unspecified atom stereocenters.